The van der Waals surface area contributed by atoms with Crippen molar-refractivity contribution in [2.75, 3.05) is 13.8 Å². The number of hydrogen-bond acceptors (Lipinski definition) is 3. The first-order chi connectivity index (χ1) is 7.31. The van der Waals surface area contributed by atoms with Crippen LogP contribution in [-0.2, 0) is 0 Å². The van der Waals surface area contributed by atoms with Crippen LogP contribution < -0.4 is 14.8 Å². The molecule has 15 heavy (non-hydrogen) atoms. The molecule has 1 heterocycles. The van der Waals surface area contributed by atoms with Crippen LogP contribution in [0.1, 0.15) is 24.2 Å². The Labute approximate surface area is 89.2 Å². The Morgan fingerprint density at radius 2 is 1.93 bits per heavy atom. The number of hydrogen-bond donors (Lipinski definition) is 1. The highest BCUT2D eigenvalue weighted by atomic mass is 16.7. The highest BCUT2D eigenvalue weighted by molar-refractivity contribution is 5.94. The Morgan fingerprint density at radius 3 is 2.60 bits per heavy atom. The summed E-state index contributed by atoms with van der Waals surface area (Å²) in [6, 6.07) is 5.10. The second-order valence-corrected chi connectivity index (χ2v) is 2.65. The fourth-order valence-electron chi connectivity index (χ4n) is 1.18. The van der Waals surface area contributed by atoms with Crippen molar-refractivity contribution in [2.24, 2.45) is 0 Å². The molecule has 1 aromatic rings. The van der Waals surface area contributed by atoms with E-state index in [1.807, 2.05) is 13.8 Å². The van der Waals surface area contributed by atoms with Gasteiger partial charge in [-0.1, -0.05) is 13.8 Å². The van der Waals surface area contributed by atoms with Gasteiger partial charge in [0.25, 0.3) is 5.91 Å². The monoisotopic (exact) mass is 209 g/mol. The van der Waals surface area contributed by atoms with Gasteiger partial charge in [-0.15, -0.1) is 0 Å². The van der Waals surface area contributed by atoms with E-state index in [2.05, 4.69) is 5.32 Å². The first-order valence-electron chi connectivity index (χ1n) is 4.93. The maximum Gasteiger partial charge on any atom is 0.251 e. The third-order valence-corrected chi connectivity index (χ3v) is 1.86. The highest BCUT2D eigenvalue weighted by Gasteiger charge is 2.15. The zero-order valence-electron chi connectivity index (χ0n) is 9.16. The number of carbonyl (C=O) groups excluding carboxylic acids is 1. The number of ether oxygens (including phenoxy) is 2. The smallest absolute Gasteiger partial charge is 0.251 e. The summed E-state index contributed by atoms with van der Waals surface area (Å²) >= 11 is 0. The maximum absolute atomic E-state index is 11.2. The van der Waals surface area contributed by atoms with Crippen LogP contribution in [-0.4, -0.2) is 19.7 Å². The molecule has 1 amide bonds. The van der Waals surface area contributed by atoms with Crippen molar-refractivity contribution < 1.29 is 14.3 Å². The summed E-state index contributed by atoms with van der Waals surface area (Å²) in [4.78, 5) is 11.2. The lowest BCUT2D eigenvalue weighted by Gasteiger charge is -2.00. The molecule has 1 aliphatic heterocycles. The van der Waals surface area contributed by atoms with Gasteiger partial charge in [0.1, 0.15) is 0 Å². The third kappa shape index (κ3) is 2.40. The molecule has 1 aliphatic rings. The molecule has 0 radical (unpaired) electrons. The number of amides is 1. The van der Waals surface area contributed by atoms with Gasteiger partial charge >= 0.3 is 0 Å². The molecule has 0 spiro atoms. The van der Waals surface area contributed by atoms with Gasteiger partial charge in [0.05, 0.1) is 0 Å². The van der Waals surface area contributed by atoms with E-state index in [4.69, 9.17) is 9.47 Å². The second kappa shape index (κ2) is 5.24. The third-order valence-electron chi connectivity index (χ3n) is 1.86. The summed E-state index contributed by atoms with van der Waals surface area (Å²) in [7, 11) is 1.59. The van der Waals surface area contributed by atoms with Crippen LogP contribution in [0.2, 0.25) is 0 Å². The molecule has 0 saturated carbocycles. The van der Waals surface area contributed by atoms with Gasteiger partial charge in [-0.3, -0.25) is 4.79 Å². The summed E-state index contributed by atoms with van der Waals surface area (Å²) in [5, 5.41) is 2.54. The standard InChI is InChI=1S/C9H9NO3.C2H6/c1-10-9(11)6-2-3-7-8(4-6)13-5-12-7;1-2/h2-4H,5H2,1H3,(H,10,11);1-2H3. The molecule has 82 valence electrons. The lowest BCUT2D eigenvalue weighted by atomic mass is 10.2. The van der Waals surface area contributed by atoms with E-state index in [0.29, 0.717) is 17.1 Å². The van der Waals surface area contributed by atoms with Crippen molar-refractivity contribution in [1.29, 1.82) is 0 Å². The topological polar surface area (TPSA) is 47.6 Å². The van der Waals surface area contributed by atoms with E-state index in [1.165, 1.54) is 0 Å². The lowest BCUT2D eigenvalue weighted by molar-refractivity contribution is 0.0962. The Morgan fingerprint density at radius 1 is 1.27 bits per heavy atom. The summed E-state index contributed by atoms with van der Waals surface area (Å²) in [6.45, 7) is 4.23. The van der Waals surface area contributed by atoms with Gasteiger partial charge in [0.2, 0.25) is 6.79 Å². The Balaban J connectivity index is 0.000000531. The minimum Gasteiger partial charge on any atom is -0.454 e. The van der Waals surface area contributed by atoms with Crippen LogP contribution in [0.15, 0.2) is 18.2 Å². The van der Waals surface area contributed by atoms with Gasteiger partial charge in [0, 0.05) is 12.6 Å². The summed E-state index contributed by atoms with van der Waals surface area (Å²) in [5.41, 5.74) is 0.576. The molecule has 2 rings (SSSR count). The fourth-order valence-corrected chi connectivity index (χ4v) is 1.18. The molecular formula is C11H15NO3. The van der Waals surface area contributed by atoms with Gasteiger partial charge in [-0.25, -0.2) is 0 Å². The van der Waals surface area contributed by atoms with E-state index in [-0.39, 0.29) is 12.7 Å². The van der Waals surface area contributed by atoms with Crippen molar-refractivity contribution in [3.05, 3.63) is 23.8 Å². The molecule has 1 aromatic carbocycles. The van der Waals surface area contributed by atoms with Gasteiger partial charge < -0.3 is 14.8 Å². The molecule has 1 N–H and O–H groups in total. The molecule has 0 saturated heterocycles. The summed E-state index contributed by atoms with van der Waals surface area (Å²) in [6.07, 6.45) is 0. The van der Waals surface area contributed by atoms with Crippen molar-refractivity contribution in [3.63, 3.8) is 0 Å². The molecule has 0 atom stereocenters. The number of carbonyl (C=O) groups is 1. The zero-order chi connectivity index (χ0) is 11.3. The first kappa shape index (κ1) is 11.4. The largest absolute Gasteiger partial charge is 0.454 e. The predicted molar refractivity (Wildman–Crippen MR) is 57.3 cm³/mol. The van der Waals surface area contributed by atoms with Crippen molar-refractivity contribution >= 4 is 5.91 Å². The number of rotatable bonds is 1. The molecule has 0 aliphatic carbocycles. The quantitative estimate of drug-likeness (QED) is 0.767. The number of nitrogens with one attached hydrogen (secondary N) is 1. The first-order valence-corrected chi connectivity index (χ1v) is 4.93. The molecule has 4 nitrogen and oxygen atoms in total. The van der Waals surface area contributed by atoms with E-state index in [1.54, 1.807) is 25.2 Å². The van der Waals surface area contributed by atoms with E-state index in [9.17, 15) is 4.79 Å². The van der Waals surface area contributed by atoms with E-state index < -0.39 is 0 Å². The van der Waals surface area contributed by atoms with E-state index in [0.717, 1.165) is 0 Å². The van der Waals surface area contributed by atoms with Crippen molar-refractivity contribution in [3.8, 4) is 11.5 Å². The minimum atomic E-state index is -0.127. The molecule has 0 bridgehead atoms. The normalized spacial score (nSPS) is 11.4. The van der Waals surface area contributed by atoms with Crippen molar-refractivity contribution in [1.82, 2.24) is 5.32 Å². The van der Waals surface area contributed by atoms with Crippen LogP contribution in [0, 0.1) is 0 Å². The molecule has 0 aromatic heterocycles. The Hall–Kier alpha value is -1.71. The number of fused-ring (bicyclic) bond motifs is 1. The predicted octanol–water partition coefficient (Wildman–Crippen LogP) is 1.80. The second-order valence-electron chi connectivity index (χ2n) is 2.65. The fraction of sp³-hybridized carbons (Fsp3) is 0.364. The zero-order valence-corrected chi connectivity index (χ0v) is 9.16. The molecule has 0 fully saturated rings. The maximum atomic E-state index is 11.2. The average molecular weight is 209 g/mol. The van der Waals surface area contributed by atoms with Crippen LogP contribution in [0.3, 0.4) is 0 Å². The average Bonchev–Trinajstić information content (AvgIpc) is 2.77. The SMILES string of the molecule is CC.CNC(=O)c1ccc2c(c1)OCO2. The van der Waals surface area contributed by atoms with Crippen LogP contribution in [0.5, 0.6) is 11.5 Å². The molecular weight excluding hydrogens is 194 g/mol. The summed E-state index contributed by atoms with van der Waals surface area (Å²) < 4.78 is 10.2. The van der Waals surface area contributed by atoms with Crippen LogP contribution in [0.25, 0.3) is 0 Å². The Kier molecular flexibility index (Phi) is 3.97. The van der Waals surface area contributed by atoms with Gasteiger partial charge in [0.15, 0.2) is 11.5 Å². The van der Waals surface area contributed by atoms with Gasteiger partial charge in [-0.2, -0.15) is 0 Å². The summed E-state index contributed by atoms with van der Waals surface area (Å²) in [5.74, 6) is 1.19. The van der Waals surface area contributed by atoms with Gasteiger partial charge in [-0.05, 0) is 18.2 Å². The lowest BCUT2D eigenvalue weighted by Crippen LogP contribution is -2.17. The number of benzene rings is 1. The minimum absolute atomic E-state index is 0.127. The highest BCUT2D eigenvalue weighted by Crippen LogP contribution is 2.32. The van der Waals surface area contributed by atoms with E-state index >= 15 is 0 Å². The molecule has 4 heteroatoms. The van der Waals surface area contributed by atoms with Crippen LogP contribution in [0.4, 0.5) is 0 Å². The Bertz CT molecular complexity index is 350. The van der Waals surface area contributed by atoms with Crippen molar-refractivity contribution in [2.45, 2.75) is 13.8 Å². The van der Waals surface area contributed by atoms with Crippen LogP contribution >= 0.6 is 0 Å². The molecule has 0 unspecified atom stereocenters.